The first kappa shape index (κ1) is 19.0. The van der Waals surface area contributed by atoms with Crippen molar-refractivity contribution in [1.82, 2.24) is 10.3 Å². The van der Waals surface area contributed by atoms with Gasteiger partial charge in [0.25, 0.3) is 0 Å². The Morgan fingerprint density at radius 1 is 1.24 bits per heavy atom. The summed E-state index contributed by atoms with van der Waals surface area (Å²) in [6.45, 7) is 6.19. The molecule has 0 bridgehead atoms. The van der Waals surface area contributed by atoms with Gasteiger partial charge in [-0.3, -0.25) is 4.79 Å². The Morgan fingerprint density at radius 3 is 2.48 bits per heavy atom. The number of carbonyl (C=O) groups excluding carboxylic acids is 2. The topological polar surface area (TPSA) is 98.8 Å². The van der Waals surface area contributed by atoms with Crippen LogP contribution < -0.4 is 15.4 Å². The van der Waals surface area contributed by atoms with Gasteiger partial charge < -0.3 is 24.8 Å². The fraction of sp³-hybridized carbons (Fsp3) is 0.588. The second-order valence-corrected chi connectivity index (χ2v) is 6.89. The maximum absolute atomic E-state index is 12.4. The number of nitrogens with zero attached hydrogens (tertiary/aromatic N) is 1. The van der Waals surface area contributed by atoms with Gasteiger partial charge in [-0.15, -0.1) is 0 Å². The highest BCUT2D eigenvalue weighted by molar-refractivity contribution is 6.02. The maximum atomic E-state index is 12.4. The molecule has 2 rings (SSSR count). The molecule has 1 heterocycles. The van der Waals surface area contributed by atoms with E-state index in [2.05, 4.69) is 15.6 Å². The first-order chi connectivity index (χ1) is 11.7. The predicted molar refractivity (Wildman–Crippen MR) is 91.6 cm³/mol. The Bertz CT molecular complexity index is 606. The van der Waals surface area contributed by atoms with Crippen molar-refractivity contribution in [1.29, 1.82) is 0 Å². The molecule has 0 saturated heterocycles. The number of rotatable bonds is 7. The van der Waals surface area contributed by atoms with E-state index in [4.69, 9.17) is 14.2 Å². The Morgan fingerprint density at radius 2 is 1.96 bits per heavy atom. The lowest BCUT2D eigenvalue weighted by Crippen LogP contribution is -2.47. The Balaban J connectivity index is 1.87. The van der Waals surface area contributed by atoms with Crippen molar-refractivity contribution < 1.29 is 23.8 Å². The van der Waals surface area contributed by atoms with Crippen LogP contribution in [0.4, 0.5) is 10.5 Å². The van der Waals surface area contributed by atoms with Crippen molar-refractivity contribution in [3.05, 3.63) is 18.3 Å². The normalized spacial score (nSPS) is 15.2. The summed E-state index contributed by atoms with van der Waals surface area (Å²) >= 11 is 0. The van der Waals surface area contributed by atoms with Crippen molar-refractivity contribution >= 4 is 17.7 Å². The van der Waals surface area contributed by atoms with Crippen LogP contribution in [-0.4, -0.2) is 48.4 Å². The lowest BCUT2D eigenvalue weighted by atomic mass is 10.2. The SMILES string of the molecule is COCCOc1ccc(NC(=O)C2(NC(=O)OC(C)(C)C)CC2)cn1. The third-order valence-electron chi connectivity index (χ3n) is 3.46. The molecule has 0 spiro atoms. The maximum Gasteiger partial charge on any atom is 0.408 e. The summed E-state index contributed by atoms with van der Waals surface area (Å²) < 4.78 is 15.5. The van der Waals surface area contributed by atoms with Crippen LogP contribution in [0.3, 0.4) is 0 Å². The minimum Gasteiger partial charge on any atom is -0.475 e. The highest BCUT2D eigenvalue weighted by atomic mass is 16.6. The number of ether oxygens (including phenoxy) is 3. The summed E-state index contributed by atoms with van der Waals surface area (Å²) in [6.07, 6.45) is 2.05. The number of aromatic nitrogens is 1. The molecule has 2 amide bonds. The smallest absolute Gasteiger partial charge is 0.408 e. The van der Waals surface area contributed by atoms with Crippen molar-refractivity contribution in [3.63, 3.8) is 0 Å². The molecule has 1 aromatic heterocycles. The molecule has 8 nitrogen and oxygen atoms in total. The molecule has 0 radical (unpaired) electrons. The van der Waals surface area contributed by atoms with Crippen LogP contribution >= 0.6 is 0 Å². The predicted octanol–water partition coefficient (Wildman–Crippen LogP) is 2.10. The number of hydrogen-bond acceptors (Lipinski definition) is 6. The monoisotopic (exact) mass is 351 g/mol. The van der Waals surface area contributed by atoms with Crippen LogP contribution in [0.2, 0.25) is 0 Å². The van der Waals surface area contributed by atoms with Crippen molar-refractivity contribution in [2.75, 3.05) is 25.6 Å². The van der Waals surface area contributed by atoms with Crippen LogP contribution in [0.15, 0.2) is 18.3 Å². The minimum atomic E-state index is -0.907. The quantitative estimate of drug-likeness (QED) is 0.730. The van der Waals surface area contributed by atoms with Gasteiger partial charge in [0.05, 0.1) is 18.5 Å². The first-order valence-electron chi connectivity index (χ1n) is 8.14. The fourth-order valence-corrected chi connectivity index (χ4v) is 2.05. The van der Waals surface area contributed by atoms with E-state index in [-0.39, 0.29) is 5.91 Å². The van der Waals surface area contributed by atoms with E-state index in [1.54, 1.807) is 40.0 Å². The van der Waals surface area contributed by atoms with Crippen LogP contribution in [-0.2, 0) is 14.3 Å². The van der Waals surface area contributed by atoms with E-state index in [0.717, 1.165) is 0 Å². The van der Waals surface area contributed by atoms with E-state index in [1.165, 1.54) is 6.20 Å². The molecule has 25 heavy (non-hydrogen) atoms. The van der Waals surface area contributed by atoms with Crippen LogP contribution in [0.5, 0.6) is 5.88 Å². The lowest BCUT2D eigenvalue weighted by Gasteiger charge is -2.23. The zero-order valence-corrected chi connectivity index (χ0v) is 15.0. The summed E-state index contributed by atoms with van der Waals surface area (Å²) in [5, 5.41) is 5.41. The number of hydrogen-bond donors (Lipinski definition) is 2. The van der Waals surface area contributed by atoms with Gasteiger partial charge in [0, 0.05) is 13.2 Å². The largest absolute Gasteiger partial charge is 0.475 e. The third kappa shape index (κ3) is 5.90. The van der Waals surface area contributed by atoms with Crippen LogP contribution in [0.25, 0.3) is 0 Å². The van der Waals surface area contributed by atoms with Gasteiger partial charge in [-0.1, -0.05) is 0 Å². The number of anilines is 1. The summed E-state index contributed by atoms with van der Waals surface area (Å²) in [6, 6.07) is 3.35. The van der Waals surface area contributed by atoms with Gasteiger partial charge >= 0.3 is 6.09 Å². The number of nitrogens with one attached hydrogen (secondary N) is 2. The van der Waals surface area contributed by atoms with Crippen molar-refractivity contribution in [2.45, 2.75) is 44.8 Å². The fourth-order valence-electron chi connectivity index (χ4n) is 2.05. The molecule has 2 N–H and O–H groups in total. The molecule has 1 aromatic rings. The summed E-state index contributed by atoms with van der Waals surface area (Å²) in [4.78, 5) is 28.4. The lowest BCUT2D eigenvalue weighted by molar-refractivity contribution is -0.119. The van der Waals surface area contributed by atoms with E-state index < -0.39 is 17.2 Å². The van der Waals surface area contributed by atoms with E-state index >= 15 is 0 Å². The second kappa shape index (κ2) is 7.69. The van der Waals surface area contributed by atoms with Gasteiger partial charge in [-0.05, 0) is 39.7 Å². The van der Waals surface area contributed by atoms with Gasteiger partial charge in [0.15, 0.2) is 0 Å². The average molecular weight is 351 g/mol. The molecule has 8 heteroatoms. The molecule has 1 aliphatic rings. The Hall–Kier alpha value is -2.35. The molecule has 138 valence electrons. The van der Waals surface area contributed by atoms with Crippen molar-refractivity contribution in [3.8, 4) is 5.88 Å². The molecular weight excluding hydrogens is 326 g/mol. The number of carbonyl (C=O) groups is 2. The van der Waals surface area contributed by atoms with Gasteiger partial charge in [-0.2, -0.15) is 0 Å². The number of alkyl carbamates (subject to hydrolysis) is 1. The molecule has 0 aliphatic heterocycles. The zero-order valence-electron chi connectivity index (χ0n) is 15.0. The summed E-state index contributed by atoms with van der Waals surface area (Å²) in [5.41, 5.74) is -0.990. The molecule has 0 unspecified atom stereocenters. The average Bonchev–Trinajstić information content (AvgIpc) is 3.28. The van der Waals surface area contributed by atoms with Gasteiger partial charge in [-0.25, -0.2) is 9.78 Å². The number of pyridine rings is 1. The van der Waals surface area contributed by atoms with Crippen molar-refractivity contribution in [2.24, 2.45) is 0 Å². The highest BCUT2D eigenvalue weighted by Crippen LogP contribution is 2.37. The van der Waals surface area contributed by atoms with Crippen LogP contribution in [0, 0.1) is 0 Å². The molecule has 1 aliphatic carbocycles. The van der Waals surface area contributed by atoms with Gasteiger partial charge in [0.2, 0.25) is 11.8 Å². The number of methoxy groups -OCH3 is 1. The summed E-state index contributed by atoms with van der Waals surface area (Å²) in [7, 11) is 1.59. The molecular formula is C17H25N3O5. The van der Waals surface area contributed by atoms with Crippen LogP contribution in [0.1, 0.15) is 33.6 Å². The highest BCUT2D eigenvalue weighted by Gasteiger charge is 2.52. The Kier molecular flexibility index (Phi) is 5.84. The second-order valence-electron chi connectivity index (χ2n) is 6.89. The van der Waals surface area contributed by atoms with E-state index in [1.807, 2.05) is 0 Å². The standard InChI is InChI=1S/C17H25N3O5/c1-16(2,3)25-15(22)20-17(7-8-17)14(21)19-12-5-6-13(18-11-12)24-10-9-23-4/h5-6,11H,7-10H2,1-4H3,(H,19,21)(H,20,22). The van der Waals surface area contributed by atoms with E-state index in [0.29, 0.717) is 37.6 Å². The molecule has 1 saturated carbocycles. The molecule has 0 aromatic carbocycles. The Labute approximate surface area is 147 Å². The number of amides is 2. The first-order valence-corrected chi connectivity index (χ1v) is 8.14. The van der Waals surface area contributed by atoms with E-state index in [9.17, 15) is 9.59 Å². The minimum absolute atomic E-state index is 0.284. The van der Waals surface area contributed by atoms with Gasteiger partial charge in [0.1, 0.15) is 17.7 Å². The zero-order chi connectivity index (χ0) is 18.5. The molecule has 1 fully saturated rings. The third-order valence-corrected chi connectivity index (χ3v) is 3.46. The summed E-state index contributed by atoms with van der Waals surface area (Å²) in [5.74, 6) is 0.163. The molecule has 0 atom stereocenters.